The number of nitrogens with zero attached hydrogens (tertiary/aromatic N) is 1. The molecule has 0 aromatic heterocycles. The smallest absolute Gasteiger partial charge is 0.248 e. The molecule has 0 aliphatic carbocycles. The number of rotatable bonds is 3. The number of carbonyl (C=O) groups excluding carboxylic acids is 1. The summed E-state index contributed by atoms with van der Waals surface area (Å²) >= 11 is 3.49. The van der Waals surface area contributed by atoms with Crippen LogP contribution < -0.4 is 16.4 Å². The molecule has 4 N–H and O–H groups in total. The number of hydrogen-bond donors (Lipinski definition) is 2. The van der Waals surface area contributed by atoms with Gasteiger partial charge in [0.05, 0.1) is 18.4 Å². The molecule has 1 saturated heterocycles. The van der Waals surface area contributed by atoms with Crippen molar-refractivity contribution in [3.05, 3.63) is 28.2 Å². The number of primary amides is 1. The van der Waals surface area contributed by atoms with E-state index in [9.17, 15) is 4.79 Å². The lowest BCUT2D eigenvalue weighted by Gasteiger charge is -2.36. The summed E-state index contributed by atoms with van der Waals surface area (Å²) in [6.45, 7) is 4.14. The van der Waals surface area contributed by atoms with Gasteiger partial charge in [-0.3, -0.25) is 4.79 Å². The molecule has 2 unspecified atom stereocenters. The quantitative estimate of drug-likeness (QED) is 0.871. The van der Waals surface area contributed by atoms with Gasteiger partial charge in [0.1, 0.15) is 0 Å². The van der Waals surface area contributed by atoms with Crippen LogP contribution in [0.25, 0.3) is 0 Å². The first-order valence-corrected chi connectivity index (χ1v) is 7.00. The third-order valence-corrected chi connectivity index (χ3v) is 3.89. The number of halogens is 1. The van der Waals surface area contributed by atoms with E-state index in [-0.39, 0.29) is 12.1 Å². The summed E-state index contributed by atoms with van der Waals surface area (Å²) in [4.78, 5) is 13.3. The molecular weight excluding hydrogens is 310 g/mol. The SMILES string of the molecule is CC(N)C1CN(c2ccc(C(N)=O)cc2Br)CCO1. The van der Waals surface area contributed by atoms with Gasteiger partial charge in [0.2, 0.25) is 5.91 Å². The van der Waals surface area contributed by atoms with E-state index in [0.29, 0.717) is 12.2 Å². The lowest BCUT2D eigenvalue weighted by Crippen LogP contribution is -2.49. The van der Waals surface area contributed by atoms with E-state index in [1.807, 2.05) is 13.0 Å². The molecule has 0 radical (unpaired) electrons. The van der Waals surface area contributed by atoms with E-state index in [1.165, 1.54) is 0 Å². The molecular formula is C13H18BrN3O2. The maximum atomic E-state index is 11.1. The molecule has 1 aromatic rings. The van der Waals surface area contributed by atoms with Crippen molar-refractivity contribution in [3.8, 4) is 0 Å². The third-order valence-electron chi connectivity index (χ3n) is 3.25. The van der Waals surface area contributed by atoms with Crippen LogP contribution in [-0.4, -0.2) is 37.7 Å². The minimum atomic E-state index is -0.428. The first kappa shape index (κ1) is 14.3. The fourth-order valence-corrected chi connectivity index (χ4v) is 2.76. The Morgan fingerprint density at radius 1 is 1.58 bits per heavy atom. The number of ether oxygens (including phenoxy) is 1. The maximum absolute atomic E-state index is 11.1. The molecule has 1 heterocycles. The van der Waals surface area contributed by atoms with Crippen LogP contribution in [0.5, 0.6) is 0 Å². The number of hydrogen-bond acceptors (Lipinski definition) is 4. The second kappa shape index (κ2) is 5.90. The minimum Gasteiger partial charge on any atom is -0.373 e. The fourth-order valence-electron chi connectivity index (χ4n) is 2.13. The van der Waals surface area contributed by atoms with Gasteiger partial charge in [-0.15, -0.1) is 0 Å². The molecule has 104 valence electrons. The monoisotopic (exact) mass is 327 g/mol. The molecule has 1 aliphatic heterocycles. The molecule has 1 amide bonds. The number of carbonyl (C=O) groups is 1. The molecule has 19 heavy (non-hydrogen) atoms. The Kier molecular flexibility index (Phi) is 4.44. The van der Waals surface area contributed by atoms with Crippen molar-refractivity contribution in [1.82, 2.24) is 0 Å². The van der Waals surface area contributed by atoms with Crippen molar-refractivity contribution >= 4 is 27.5 Å². The summed E-state index contributed by atoms with van der Waals surface area (Å²) in [6.07, 6.45) is 0.0245. The number of morpholine rings is 1. The molecule has 1 aliphatic rings. The standard InChI is InChI=1S/C13H18BrN3O2/c1-8(15)12-7-17(4-5-19-12)11-3-2-9(13(16)18)6-10(11)14/h2-3,6,8,12H,4-5,7,15H2,1H3,(H2,16,18). The van der Waals surface area contributed by atoms with Crippen LogP contribution in [0, 0.1) is 0 Å². The Labute approximate surface area is 121 Å². The highest BCUT2D eigenvalue weighted by atomic mass is 79.9. The lowest BCUT2D eigenvalue weighted by atomic mass is 10.1. The average molecular weight is 328 g/mol. The van der Waals surface area contributed by atoms with Gasteiger partial charge < -0.3 is 21.1 Å². The minimum absolute atomic E-state index is 0.00790. The van der Waals surface area contributed by atoms with Gasteiger partial charge in [0.15, 0.2) is 0 Å². The Morgan fingerprint density at radius 3 is 2.89 bits per heavy atom. The molecule has 1 fully saturated rings. The van der Waals surface area contributed by atoms with Crippen molar-refractivity contribution in [2.24, 2.45) is 11.5 Å². The molecule has 0 spiro atoms. The summed E-state index contributed by atoms with van der Waals surface area (Å²) in [6, 6.07) is 5.37. The summed E-state index contributed by atoms with van der Waals surface area (Å²) in [7, 11) is 0. The molecule has 2 atom stereocenters. The van der Waals surface area contributed by atoms with Gasteiger partial charge in [-0.2, -0.15) is 0 Å². The highest BCUT2D eigenvalue weighted by Gasteiger charge is 2.24. The molecule has 0 bridgehead atoms. The predicted octanol–water partition coefficient (Wildman–Crippen LogP) is 1.10. The number of benzene rings is 1. The van der Waals surface area contributed by atoms with E-state index >= 15 is 0 Å². The first-order valence-electron chi connectivity index (χ1n) is 6.20. The highest BCUT2D eigenvalue weighted by molar-refractivity contribution is 9.10. The van der Waals surface area contributed by atoms with Crippen molar-refractivity contribution in [3.63, 3.8) is 0 Å². The highest BCUT2D eigenvalue weighted by Crippen LogP contribution is 2.29. The predicted molar refractivity (Wildman–Crippen MR) is 78.3 cm³/mol. The maximum Gasteiger partial charge on any atom is 0.248 e. The average Bonchev–Trinajstić information content (AvgIpc) is 2.38. The van der Waals surface area contributed by atoms with Gasteiger partial charge in [-0.25, -0.2) is 0 Å². The Morgan fingerprint density at radius 2 is 2.32 bits per heavy atom. The van der Waals surface area contributed by atoms with Crippen LogP contribution >= 0.6 is 15.9 Å². The molecule has 0 saturated carbocycles. The summed E-state index contributed by atoms with van der Waals surface area (Å²) < 4.78 is 6.49. The van der Waals surface area contributed by atoms with Gasteiger partial charge in [-0.05, 0) is 41.1 Å². The molecule has 5 nitrogen and oxygen atoms in total. The van der Waals surface area contributed by atoms with Gasteiger partial charge in [0, 0.05) is 29.2 Å². The van der Waals surface area contributed by atoms with E-state index < -0.39 is 5.91 Å². The Bertz CT molecular complexity index is 479. The van der Waals surface area contributed by atoms with Crippen molar-refractivity contribution in [2.45, 2.75) is 19.1 Å². The van der Waals surface area contributed by atoms with Gasteiger partial charge in [0.25, 0.3) is 0 Å². The number of amides is 1. The third kappa shape index (κ3) is 3.26. The van der Waals surface area contributed by atoms with Crippen LogP contribution in [-0.2, 0) is 4.74 Å². The zero-order valence-electron chi connectivity index (χ0n) is 10.8. The zero-order valence-corrected chi connectivity index (χ0v) is 12.4. The van der Waals surface area contributed by atoms with Crippen molar-refractivity contribution < 1.29 is 9.53 Å². The van der Waals surface area contributed by atoms with Crippen molar-refractivity contribution in [1.29, 1.82) is 0 Å². The van der Waals surface area contributed by atoms with Crippen LogP contribution in [0.3, 0.4) is 0 Å². The number of anilines is 1. The van der Waals surface area contributed by atoms with E-state index in [4.69, 9.17) is 16.2 Å². The van der Waals surface area contributed by atoms with Crippen LogP contribution in [0.15, 0.2) is 22.7 Å². The molecule has 1 aromatic carbocycles. The lowest BCUT2D eigenvalue weighted by molar-refractivity contribution is 0.0275. The van der Waals surface area contributed by atoms with Gasteiger partial charge >= 0.3 is 0 Å². The van der Waals surface area contributed by atoms with Crippen LogP contribution in [0.4, 0.5) is 5.69 Å². The topological polar surface area (TPSA) is 81.6 Å². The normalized spacial score (nSPS) is 21.2. The first-order chi connectivity index (χ1) is 8.99. The summed E-state index contributed by atoms with van der Waals surface area (Å²) in [5.41, 5.74) is 12.7. The van der Waals surface area contributed by atoms with Crippen molar-refractivity contribution in [2.75, 3.05) is 24.6 Å². The number of nitrogens with two attached hydrogens (primary N) is 2. The van der Waals surface area contributed by atoms with Gasteiger partial charge in [-0.1, -0.05) is 0 Å². The van der Waals surface area contributed by atoms with Crippen LogP contribution in [0.2, 0.25) is 0 Å². The van der Waals surface area contributed by atoms with E-state index in [0.717, 1.165) is 23.2 Å². The Balaban J connectivity index is 2.19. The second-order valence-electron chi connectivity index (χ2n) is 4.74. The largest absolute Gasteiger partial charge is 0.373 e. The molecule has 2 rings (SSSR count). The Hall–Kier alpha value is -1.11. The fraction of sp³-hybridized carbons (Fsp3) is 0.462. The van der Waals surface area contributed by atoms with Crippen LogP contribution in [0.1, 0.15) is 17.3 Å². The zero-order chi connectivity index (χ0) is 14.0. The summed E-state index contributed by atoms with van der Waals surface area (Å²) in [5.74, 6) is -0.428. The van der Waals surface area contributed by atoms with E-state index in [1.54, 1.807) is 12.1 Å². The summed E-state index contributed by atoms with van der Waals surface area (Å²) in [5, 5.41) is 0. The second-order valence-corrected chi connectivity index (χ2v) is 5.60. The molecule has 6 heteroatoms. The van der Waals surface area contributed by atoms with E-state index in [2.05, 4.69) is 20.8 Å².